The fourth-order valence-corrected chi connectivity index (χ4v) is 3.61. The lowest BCUT2D eigenvalue weighted by Crippen LogP contribution is -2.39. The van der Waals surface area contributed by atoms with Crippen molar-refractivity contribution in [1.29, 1.82) is 0 Å². The maximum Gasteiger partial charge on any atom is 0.273 e. The highest BCUT2D eigenvalue weighted by molar-refractivity contribution is 7.07. The maximum absolute atomic E-state index is 12.8. The van der Waals surface area contributed by atoms with Crippen LogP contribution in [0.2, 0.25) is 0 Å². The van der Waals surface area contributed by atoms with Crippen LogP contribution in [0.4, 0.5) is 0 Å². The fraction of sp³-hybridized carbons (Fsp3) is 0.412. The van der Waals surface area contributed by atoms with E-state index in [1.54, 1.807) is 40.6 Å². The van der Waals surface area contributed by atoms with Gasteiger partial charge in [-0.05, 0) is 31.9 Å². The molecule has 2 amide bonds. The number of pyridine rings is 1. The van der Waals surface area contributed by atoms with E-state index in [1.807, 2.05) is 0 Å². The SMILES string of the molecule is Cc1cc(C)c(C(=O)N2CCCN(C(=O)c3cscn3)CC2)c(=O)[nH]1. The highest BCUT2D eigenvalue weighted by Crippen LogP contribution is 2.13. The van der Waals surface area contributed by atoms with E-state index < -0.39 is 0 Å². The molecule has 3 heterocycles. The van der Waals surface area contributed by atoms with Crippen molar-refractivity contribution in [1.82, 2.24) is 19.8 Å². The molecule has 132 valence electrons. The number of carbonyl (C=O) groups excluding carboxylic acids is 2. The van der Waals surface area contributed by atoms with Gasteiger partial charge in [0.05, 0.1) is 5.51 Å². The van der Waals surface area contributed by atoms with Gasteiger partial charge in [0.1, 0.15) is 11.3 Å². The zero-order valence-corrected chi connectivity index (χ0v) is 15.1. The minimum Gasteiger partial charge on any atom is -0.337 e. The van der Waals surface area contributed by atoms with E-state index in [4.69, 9.17) is 0 Å². The number of hydrogen-bond donors (Lipinski definition) is 1. The molecule has 0 aliphatic carbocycles. The van der Waals surface area contributed by atoms with Crippen molar-refractivity contribution in [3.05, 3.63) is 49.8 Å². The van der Waals surface area contributed by atoms with Gasteiger partial charge >= 0.3 is 0 Å². The molecule has 2 aromatic rings. The van der Waals surface area contributed by atoms with Crippen molar-refractivity contribution in [3.8, 4) is 0 Å². The third-order valence-electron chi connectivity index (χ3n) is 4.30. The van der Waals surface area contributed by atoms with Crippen LogP contribution in [0.25, 0.3) is 0 Å². The minimum absolute atomic E-state index is 0.111. The van der Waals surface area contributed by atoms with Crippen LogP contribution in [-0.4, -0.2) is 57.8 Å². The number of hydrogen-bond acceptors (Lipinski definition) is 5. The monoisotopic (exact) mass is 360 g/mol. The predicted molar refractivity (Wildman–Crippen MR) is 95.1 cm³/mol. The molecule has 1 aliphatic heterocycles. The molecule has 3 rings (SSSR count). The first kappa shape index (κ1) is 17.3. The predicted octanol–water partition coefficient (Wildman–Crippen LogP) is 1.44. The number of nitrogens with zero attached hydrogens (tertiary/aromatic N) is 3. The van der Waals surface area contributed by atoms with Gasteiger partial charge in [0.25, 0.3) is 17.4 Å². The Hall–Kier alpha value is -2.48. The molecule has 8 heteroatoms. The lowest BCUT2D eigenvalue weighted by molar-refractivity contribution is 0.0715. The van der Waals surface area contributed by atoms with Crippen molar-refractivity contribution in [2.75, 3.05) is 26.2 Å². The molecule has 0 spiro atoms. The third kappa shape index (κ3) is 3.63. The van der Waals surface area contributed by atoms with Gasteiger partial charge in [-0.25, -0.2) is 4.98 Å². The molecule has 0 aromatic carbocycles. The molecule has 0 unspecified atom stereocenters. The number of carbonyl (C=O) groups is 2. The summed E-state index contributed by atoms with van der Waals surface area (Å²) in [7, 11) is 0. The Kier molecular flexibility index (Phi) is 4.98. The van der Waals surface area contributed by atoms with E-state index in [-0.39, 0.29) is 22.9 Å². The van der Waals surface area contributed by atoms with E-state index >= 15 is 0 Å². The van der Waals surface area contributed by atoms with E-state index in [0.717, 1.165) is 5.69 Å². The van der Waals surface area contributed by atoms with Crippen molar-refractivity contribution in [3.63, 3.8) is 0 Å². The van der Waals surface area contributed by atoms with Gasteiger partial charge in [0.2, 0.25) is 0 Å². The molecule has 0 atom stereocenters. The maximum atomic E-state index is 12.8. The number of amides is 2. The van der Waals surface area contributed by atoms with Crippen LogP contribution in [-0.2, 0) is 0 Å². The number of thiazole rings is 1. The standard InChI is InChI=1S/C17H20N4O3S/c1-11-8-12(2)19-15(22)14(11)17(24)21-5-3-4-20(6-7-21)16(23)13-9-25-10-18-13/h8-10H,3-7H2,1-2H3,(H,19,22). The van der Waals surface area contributed by atoms with Gasteiger partial charge in [0.15, 0.2) is 0 Å². The summed E-state index contributed by atoms with van der Waals surface area (Å²) in [5.74, 6) is -0.387. The first-order chi connectivity index (χ1) is 12.0. The van der Waals surface area contributed by atoms with Crippen LogP contribution in [0.3, 0.4) is 0 Å². The van der Waals surface area contributed by atoms with Crippen molar-refractivity contribution in [2.24, 2.45) is 0 Å². The summed E-state index contributed by atoms with van der Waals surface area (Å²) in [6.45, 7) is 5.49. The first-order valence-electron chi connectivity index (χ1n) is 8.14. The number of rotatable bonds is 2. The second-order valence-corrected chi connectivity index (χ2v) is 6.87. The van der Waals surface area contributed by atoms with Gasteiger partial charge in [-0.1, -0.05) is 0 Å². The highest BCUT2D eigenvalue weighted by atomic mass is 32.1. The Morgan fingerprint density at radius 3 is 2.40 bits per heavy atom. The lowest BCUT2D eigenvalue weighted by Gasteiger charge is -2.22. The number of H-pyrrole nitrogens is 1. The quantitative estimate of drug-likeness (QED) is 0.878. The third-order valence-corrected chi connectivity index (χ3v) is 4.89. The van der Waals surface area contributed by atoms with Gasteiger partial charge in [-0.2, -0.15) is 0 Å². The van der Waals surface area contributed by atoms with Crippen molar-refractivity contribution < 1.29 is 9.59 Å². The van der Waals surface area contributed by atoms with Crippen molar-refractivity contribution >= 4 is 23.2 Å². The molecular formula is C17H20N4O3S. The van der Waals surface area contributed by atoms with Gasteiger partial charge in [-0.15, -0.1) is 11.3 Å². The average Bonchev–Trinajstić information content (AvgIpc) is 2.97. The Morgan fingerprint density at radius 2 is 1.80 bits per heavy atom. The normalized spacial score (nSPS) is 15.1. The second-order valence-electron chi connectivity index (χ2n) is 6.15. The molecule has 0 saturated carbocycles. The summed E-state index contributed by atoms with van der Waals surface area (Å²) >= 11 is 1.38. The molecule has 1 aliphatic rings. The molecule has 0 radical (unpaired) electrons. The zero-order chi connectivity index (χ0) is 18.0. The molecular weight excluding hydrogens is 340 g/mol. The summed E-state index contributed by atoms with van der Waals surface area (Å²) in [5, 5.41) is 1.73. The Balaban J connectivity index is 1.74. The Bertz CT molecular complexity index is 844. The van der Waals surface area contributed by atoms with Gasteiger partial charge < -0.3 is 14.8 Å². The number of aromatic nitrogens is 2. The molecule has 1 N–H and O–H groups in total. The molecule has 1 fully saturated rings. The second kappa shape index (κ2) is 7.18. The van der Waals surface area contributed by atoms with Crippen LogP contribution in [0.1, 0.15) is 38.5 Å². The first-order valence-corrected chi connectivity index (χ1v) is 9.09. The van der Waals surface area contributed by atoms with Crippen molar-refractivity contribution in [2.45, 2.75) is 20.3 Å². The van der Waals surface area contributed by atoms with Crippen LogP contribution in [0, 0.1) is 13.8 Å². The van der Waals surface area contributed by atoms with Crippen LogP contribution >= 0.6 is 11.3 Å². The van der Waals surface area contributed by atoms with Crippen LogP contribution in [0.5, 0.6) is 0 Å². The molecule has 25 heavy (non-hydrogen) atoms. The van der Waals surface area contributed by atoms with E-state index in [1.165, 1.54) is 11.3 Å². The summed E-state index contributed by atoms with van der Waals surface area (Å²) in [6.07, 6.45) is 0.671. The summed E-state index contributed by atoms with van der Waals surface area (Å²) in [6, 6.07) is 1.80. The molecule has 1 saturated heterocycles. The Morgan fingerprint density at radius 1 is 1.12 bits per heavy atom. The fourth-order valence-electron chi connectivity index (χ4n) is 3.08. The lowest BCUT2D eigenvalue weighted by atomic mass is 10.1. The average molecular weight is 360 g/mol. The molecule has 2 aromatic heterocycles. The van der Waals surface area contributed by atoms with Crippen LogP contribution < -0.4 is 5.56 Å². The number of aryl methyl sites for hydroxylation is 2. The van der Waals surface area contributed by atoms with Gasteiger partial charge in [0, 0.05) is 37.3 Å². The van der Waals surface area contributed by atoms with Gasteiger partial charge in [-0.3, -0.25) is 14.4 Å². The number of aromatic amines is 1. The summed E-state index contributed by atoms with van der Waals surface area (Å²) in [4.78, 5) is 47.5. The molecule has 0 bridgehead atoms. The summed E-state index contributed by atoms with van der Waals surface area (Å²) < 4.78 is 0. The number of nitrogens with one attached hydrogen (secondary N) is 1. The minimum atomic E-state index is -0.359. The summed E-state index contributed by atoms with van der Waals surface area (Å²) in [5.41, 5.74) is 3.30. The zero-order valence-electron chi connectivity index (χ0n) is 14.2. The smallest absolute Gasteiger partial charge is 0.273 e. The van der Waals surface area contributed by atoms with E-state index in [2.05, 4.69) is 9.97 Å². The van der Waals surface area contributed by atoms with E-state index in [0.29, 0.717) is 43.9 Å². The largest absolute Gasteiger partial charge is 0.337 e. The topological polar surface area (TPSA) is 86.4 Å². The highest BCUT2D eigenvalue weighted by Gasteiger charge is 2.26. The Labute approximate surface area is 149 Å². The van der Waals surface area contributed by atoms with Crippen LogP contribution in [0.15, 0.2) is 21.8 Å². The molecule has 7 nitrogen and oxygen atoms in total. The van der Waals surface area contributed by atoms with E-state index in [9.17, 15) is 14.4 Å².